The van der Waals surface area contributed by atoms with Gasteiger partial charge >= 0.3 is 0 Å². The van der Waals surface area contributed by atoms with Crippen LogP contribution in [0, 0.1) is 5.92 Å². The van der Waals surface area contributed by atoms with Crippen LogP contribution in [0.15, 0.2) is 27.8 Å². The summed E-state index contributed by atoms with van der Waals surface area (Å²) in [5.41, 5.74) is 2.17. The summed E-state index contributed by atoms with van der Waals surface area (Å²) in [7, 11) is 0. The van der Waals surface area contributed by atoms with E-state index in [4.69, 9.17) is 5.84 Å². The van der Waals surface area contributed by atoms with Crippen LogP contribution >= 0.6 is 27.7 Å². The molecule has 114 valence electrons. The van der Waals surface area contributed by atoms with Gasteiger partial charge in [0, 0.05) is 29.7 Å². The molecule has 1 saturated heterocycles. The molecule has 0 atom stereocenters. The molecule has 8 heteroatoms. The molecule has 2 heterocycles. The standard InChI is InChI=1S/C13H17BrN4O2S/c14-10-1-2-11(16-7-10)21-8-12(19)18-5-3-9(4-6-18)13(20)17-15/h1-2,7,9H,3-6,8,15H2,(H,17,20). The van der Waals surface area contributed by atoms with Gasteiger partial charge in [0.05, 0.1) is 10.8 Å². The summed E-state index contributed by atoms with van der Waals surface area (Å²) in [4.78, 5) is 29.6. The van der Waals surface area contributed by atoms with Gasteiger partial charge in [-0.25, -0.2) is 10.8 Å². The Morgan fingerprint density at radius 1 is 1.43 bits per heavy atom. The minimum absolute atomic E-state index is 0.0799. The van der Waals surface area contributed by atoms with Gasteiger partial charge in [-0.1, -0.05) is 11.8 Å². The number of rotatable bonds is 4. The van der Waals surface area contributed by atoms with E-state index in [-0.39, 0.29) is 17.7 Å². The number of aromatic nitrogens is 1. The summed E-state index contributed by atoms with van der Waals surface area (Å²) in [5.74, 6) is 5.34. The van der Waals surface area contributed by atoms with Gasteiger partial charge in [-0.15, -0.1) is 0 Å². The van der Waals surface area contributed by atoms with Gasteiger partial charge in [-0.05, 0) is 40.9 Å². The Balaban J connectivity index is 1.77. The van der Waals surface area contributed by atoms with Crippen molar-refractivity contribution in [1.29, 1.82) is 0 Å². The summed E-state index contributed by atoms with van der Waals surface area (Å²) in [6, 6.07) is 3.77. The molecule has 0 bridgehead atoms. The molecule has 0 aliphatic carbocycles. The fourth-order valence-corrected chi connectivity index (χ4v) is 3.16. The number of pyridine rings is 1. The second-order valence-electron chi connectivity index (χ2n) is 4.77. The number of hydrogen-bond donors (Lipinski definition) is 2. The van der Waals surface area contributed by atoms with Crippen molar-refractivity contribution in [3.8, 4) is 0 Å². The zero-order chi connectivity index (χ0) is 15.2. The van der Waals surface area contributed by atoms with Gasteiger partial charge in [0.2, 0.25) is 11.8 Å². The number of carbonyl (C=O) groups is 2. The maximum absolute atomic E-state index is 12.1. The molecular formula is C13H17BrN4O2S. The highest BCUT2D eigenvalue weighted by Gasteiger charge is 2.26. The van der Waals surface area contributed by atoms with E-state index in [1.807, 2.05) is 12.1 Å². The van der Waals surface area contributed by atoms with Crippen LogP contribution < -0.4 is 11.3 Å². The zero-order valence-corrected chi connectivity index (χ0v) is 13.8. The molecule has 21 heavy (non-hydrogen) atoms. The van der Waals surface area contributed by atoms with E-state index in [0.29, 0.717) is 31.7 Å². The first kappa shape index (κ1) is 16.3. The van der Waals surface area contributed by atoms with Gasteiger partial charge in [-0.2, -0.15) is 0 Å². The van der Waals surface area contributed by atoms with Crippen molar-refractivity contribution in [2.24, 2.45) is 11.8 Å². The number of hydrogen-bond acceptors (Lipinski definition) is 5. The largest absolute Gasteiger partial charge is 0.342 e. The molecule has 1 aromatic heterocycles. The molecule has 6 nitrogen and oxygen atoms in total. The van der Waals surface area contributed by atoms with Gasteiger partial charge in [-0.3, -0.25) is 15.0 Å². The Morgan fingerprint density at radius 3 is 2.71 bits per heavy atom. The summed E-state index contributed by atoms with van der Waals surface area (Å²) < 4.78 is 0.915. The molecule has 0 saturated carbocycles. The van der Waals surface area contributed by atoms with Gasteiger partial charge in [0.25, 0.3) is 0 Å². The predicted molar refractivity (Wildman–Crippen MR) is 84.3 cm³/mol. The number of amides is 2. The predicted octanol–water partition coefficient (Wildman–Crippen LogP) is 1.16. The van der Waals surface area contributed by atoms with Crippen molar-refractivity contribution in [2.75, 3.05) is 18.8 Å². The summed E-state index contributed by atoms with van der Waals surface area (Å²) in [6.07, 6.45) is 3.04. The maximum atomic E-state index is 12.1. The van der Waals surface area contributed by atoms with E-state index in [2.05, 4.69) is 26.3 Å². The number of nitrogens with two attached hydrogens (primary N) is 1. The van der Waals surface area contributed by atoms with Crippen molar-refractivity contribution in [1.82, 2.24) is 15.3 Å². The minimum atomic E-state index is -0.143. The van der Waals surface area contributed by atoms with E-state index < -0.39 is 0 Å². The Labute approximate surface area is 135 Å². The molecule has 1 aromatic rings. The van der Waals surface area contributed by atoms with Gasteiger partial charge in [0.15, 0.2) is 0 Å². The van der Waals surface area contributed by atoms with Crippen LogP contribution in [-0.2, 0) is 9.59 Å². The van der Waals surface area contributed by atoms with Crippen LogP contribution in [-0.4, -0.2) is 40.5 Å². The summed E-state index contributed by atoms with van der Waals surface area (Å²) in [5, 5.41) is 0.823. The molecule has 2 rings (SSSR count). The molecule has 0 unspecified atom stereocenters. The van der Waals surface area contributed by atoms with E-state index >= 15 is 0 Å². The zero-order valence-electron chi connectivity index (χ0n) is 11.4. The first-order valence-electron chi connectivity index (χ1n) is 6.62. The van der Waals surface area contributed by atoms with Crippen molar-refractivity contribution in [3.63, 3.8) is 0 Å². The Hall–Kier alpha value is -1.12. The average molecular weight is 373 g/mol. The van der Waals surface area contributed by atoms with Crippen LogP contribution in [0.1, 0.15) is 12.8 Å². The van der Waals surface area contributed by atoms with Crippen molar-refractivity contribution in [2.45, 2.75) is 17.9 Å². The van der Waals surface area contributed by atoms with Crippen LogP contribution in [0.5, 0.6) is 0 Å². The van der Waals surface area contributed by atoms with Gasteiger partial charge in [0.1, 0.15) is 0 Å². The second kappa shape index (κ2) is 7.77. The summed E-state index contributed by atoms with van der Waals surface area (Å²) in [6.45, 7) is 1.20. The highest BCUT2D eigenvalue weighted by atomic mass is 79.9. The molecule has 0 aromatic carbocycles. The lowest BCUT2D eigenvalue weighted by Crippen LogP contribution is -2.45. The SMILES string of the molecule is NNC(=O)C1CCN(C(=O)CSc2ccc(Br)cn2)CC1. The van der Waals surface area contributed by atoms with Crippen LogP contribution in [0.3, 0.4) is 0 Å². The van der Waals surface area contributed by atoms with E-state index in [1.54, 1.807) is 11.1 Å². The molecule has 1 fully saturated rings. The van der Waals surface area contributed by atoms with E-state index in [1.165, 1.54) is 11.8 Å². The molecule has 0 radical (unpaired) electrons. The topological polar surface area (TPSA) is 88.3 Å². The molecular weight excluding hydrogens is 356 g/mol. The minimum Gasteiger partial charge on any atom is -0.342 e. The fourth-order valence-electron chi connectivity index (χ4n) is 2.18. The molecule has 3 N–H and O–H groups in total. The molecule has 1 aliphatic heterocycles. The van der Waals surface area contributed by atoms with E-state index in [9.17, 15) is 9.59 Å². The second-order valence-corrected chi connectivity index (χ2v) is 6.68. The number of piperidine rings is 1. The normalized spacial score (nSPS) is 15.8. The smallest absolute Gasteiger partial charge is 0.237 e. The van der Waals surface area contributed by atoms with Crippen molar-refractivity contribution in [3.05, 3.63) is 22.8 Å². The van der Waals surface area contributed by atoms with E-state index in [0.717, 1.165) is 9.50 Å². The fraction of sp³-hybridized carbons (Fsp3) is 0.462. The highest BCUT2D eigenvalue weighted by molar-refractivity contribution is 9.10. The van der Waals surface area contributed by atoms with Crippen molar-refractivity contribution < 1.29 is 9.59 Å². The number of thioether (sulfide) groups is 1. The van der Waals surface area contributed by atoms with Crippen LogP contribution in [0.2, 0.25) is 0 Å². The lowest BCUT2D eigenvalue weighted by atomic mass is 9.96. The van der Waals surface area contributed by atoms with Crippen LogP contribution in [0.25, 0.3) is 0 Å². The van der Waals surface area contributed by atoms with Gasteiger partial charge < -0.3 is 4.90 Å². The number of likely N-dealkylation sites (tertiary alicyclic amines) is 1. The molecule has 0 spiro atoms. The van der Waals surface area contributed by atoms with Crippen LogP contribution in [0.4, 0.5) is 0 Å². The first-order valence-corrected chi connectivity index (χ1v) is 8.40. The lowest BCUT2D eigenvalue weighted by Gasteiger charge is -2.30. The first-order chi connectivity index (χ1) is 10.1. The number of nitrogens with zero attached hydrogens (tertiary/aromatic N) is 2. The van der Waals surface area contributed by atoms with Crippen molar-refractivity contribution >= 4 is 39.5 Å². The quantitative estimate of drug-likeness (QED) is 0.358. The third-order valence-corrected chi connectivity index (χ3v) is 4.80. The number of hydrazine groups is 1. The molecule has 2 amide bonds. The third kappa shape index (κ3) is 4.69. The Kier molecular flexibility index (Phi) is 6.01. The third-order valence-electron chi connectivity index (χ3n) is 3.40. The lowest BCUT2D eigenvalue weighted by molar-refractivity contribution is -0.133. The Morgan fingerprint density at radius 2 is 2.14 bits per heavy atom. The number of carbonyl (C=O) groups excluding carboxylic acids is 2. The monoisotopic (exact) mass is 372 g/mol. The summed E-state index contributed by atoms with van der Waals surface area (Å²) >= 11 is 4.74. The number of nitrogens with one attached hydrogen (secondary N) is 1. The maximum Gasteiger partial charge on any atom is 0.237 e. The highest BCUT2D eigenvalue weighted by Crippen LogP contribution is 2.21. The average Bonchev–Trinajstić information content (AvgIpc) is 2.53. The molecule has 1 aliphatic rings. The Bertz CT molecular complexity index is 503. The number of halogens is 1.